The molecule has 2 nitrogen and oxygen atoms in total. The normalized spacial score (nSPS) is 14.4. The van der Waals surface area contributed by atoms with Crippen LogP contribution in [0.15, 0.2) is 12.1 Å². The molecule has 0 amide bonds. The summed E-state index contributed by atoms with van der Waals surface area (Å²) in [4.78, 5) is 0. The van der Waals surface area contributed by atoms with Crippen LogP contribution in [-0.2, 0) is 12.8 Å². The van der Waals surface area contributed by atoms with Crippen molar-refractivity contribution in [2.45, 2.75) is 19.3 Å². The molecule has 0 radical (unpaired) electrons. The van der Waals surface area contributed by atoms with Gasteiger partial charge >= 0.3 is 0 Å². The monoisotopic (exact) mass is 164 g/mol. The van der Waals surface area contributed by atoms with Gasteiger partial charge in [-0.05, 0) is 30.9 Å². The molecule has 2 heteroatoms. The molecule has 0 atom stereocenters. The molecule has 0 fully saturated rings. The van der Waals surface area contributed by atoms with E-state index in [0.29, 0.717) is 11.5 Å². The maximum absolute atomic E-state index is 9.68. The van der Waals surface area contributed by atoms with Crippen molar-refractivity contribution in [2.24, 2.45) is 0 Å². The van der Waals surface area contributed by atoms with Crippen molar-refractivity contribution in [3.63, 3.8) is 0 Å². The summed E-state index contributed by atoms with van der Waals surface area (Å²) in [5, 5.41) is 9.68. The molecule has 1 aromatic carbocycles. The Morgan fingerprint density at radius 1 is 1.33 bits per heavy atom. The molecule has 2 rings (SSSR count). The van der Waals surface area contributed by atoms with E-state index in [1.54, 1.807) is 7.11 Å². The first-order chi connectivity index (χ1) is 5.83. The van der Waals surface area contributed by atoms with Crippen LogP contribution in [0, 0.1) is 0 Å². The van der Waals surface area contributed by atoms with Crippen LogP contribution in [0.3, 0.4) is 0 Å². The lowest BCUT2D eigenvalue weighted by molar-refractivity contribution is 0.371. The van der Waals surface area contributed by atoms with Crippen molar-refractivity contribution >= 4 is 0 Å². The van der Waals surface area contributed by atoms with Crippen LogP contribution < -0.4 is 4.74 Å². The summed E-state index contributed by atoms with van der Waals surface area (Å²) in [6.45, 7) is 0. The van der Waals surface area contributed by atoms with Gasteiger partial charge in [-0.15, -0.1) is 0 Å². The summed E-state index contributed by atoms with van der Waals surface area (Å²) < 4.78 is 5.02. The smallest absolute Gasteiger partial charge is 0.161 e. The van der Waals surface area contributed by atoms with Crippen LogP contribution in [0.2, 0.25) is 0 Å². The average molecular weight is 164 g/mol. The minimum atomic E-state index is 0.340. The molecule has 0 aliphatic heterocycles. The first kappa shape index (κ1) is 7.47. The highest BCUT2D eigenvalue weighted by Crippen LogP contribution is 2.36. The van der Waals surface area contributed by atoms with Gasteiger partial charge in [0.2, 0.25) is 0 Å². The number of hydrogen-bond acceptors (Lipinski definition) is 2. The summed E-state index contributed by atoms with van der Waals surface area (Å²) in [5.74, 6) is 0.933. The minimum Gasteiger partial charge on any atom is -0.504 e. The van der Waals surface area contributed by atoms with Crippen LogP contribution in [0.4, 0.5) is 0 Å². The predicted molar refractivity (Wildman–Crippen MR) is 46.7 cm³/mol. The number of aromatic hydroxyl groups is 1. The van der Waals surface area contributed by atoms with E-state index in [2.05, 4.69) is 0 Å². The fraction of sp³-hybridized carbons (Fsp3) is 0.400. The highest BCUT2D eigenvalue weighted by molar-refractivity contribution is 5.51. The molecule has 0 heterocycles. The standard InChI is InChI=1S/C10H12O2/c1-12-9-6-5-7-3-2-4-8(7)10(9)11/h5-6,11H,2-4H2,1H3. The lowest BCUT2D eigenvalue weighted by Crippen LogP contribution is -1.88. The Balaban J connectivity index is 2.54. The number of hydrogen-bond donors (Lipinski definition) is 1. The fourth-order valence-electron chi connectivity index (χ4n) is 1.79. The lowest BCUT2D eigenvalue weighted by Gasteiger charge is -2.07. The predicted octanol–water partition coefficient (Wildman–Crippen LogP) is 1.89. The fourth-order valence-corrected chi connectivity index (χ4v) is 1.79. The van der Waals surface area contributed by atoms with Crippen molar-refractivity contribution in [3.8, 4) is 11.5 Å². The zero-order chi connectivity index (χ0) is 8.55. The Hall–Kier alpha value is -1.18. The van der Waals surface area contributed by atoms with Gasteiger partial charge in [-0.3, -0.25) is 0 Å². The number of phenolic OH excluding ortho intramolecular Hbond substituents is 1. The third kappa shape index (κ3) is 0.951. The number of ether oxygens (including phenoxy) is 1. The molecule has 0 unspecified atom stereocenters. The van der Waals surface area contributed by atoms with Gasteiger partial charge in [0.25, 0.3) is 0 Å². The average Bonchev–Trinajstić information content (AvgIpc) is 2.53. The summed E-state index contributed by atoms with van der Waals surface area (Å²) in [7, 11) is 1.58. The first-order valence-electron chi connectivity index (χ1n) is 4.20. The summed E-state index contributed by atoms with van der Waals surface area (Å²) in [6.07, 6.45) is 3.22. The molecular weight excluding hydrogens is 152 g/mol. The van der Waals surface area contributed by atoms with Gasteiger partial charge in [-0.2, -0.15) is 0 Å². The van der Waals surface area contributed by atoms with Crippen molar-refractivity contribution in [1.29, 1.82) is 0 Å². The third-order valence-corrected chi connectivity index (χ3v) is 2.44. The van der Waals surface area contributed by atoms with Crippen LogP contribution >= 0.6 is 0 Å². The molecule has 64 valence electrons. The first-order valence-corrected chi connectivity index (χ1v) is 4.20. The van der Waals surface area contributed by atoms with E-state index in [1.165, 1.54) is 5.56 Å². The minimum absolute atomic E-state index is 0.340. The van der Waals surface area contributed by atoms with Crippen LogP contribution in [-0.4, -0.2) is 12.2 Å². The molecule has 1 N–H and O–H groups in total. The highest BCUT2D eigenvalue weighted by atomic mass is 16.5. The molecule has 1 aromatic rings. The summed E-state index contributed by atoms with van der Waals surface area (Å²) >= 11 is 0. The number of methoxy groups -OCH3 is 1. The van der Waals surface area contributed by atoms with Crippen molar-refractivity contribution < 1.29 is 9.84 Å². The van der Waals surface area contributed by atoms with Crippen LogP contribution in [0.5, 0.6) is 11.5 Å². The van der Waals surface area contributed by atoms with Crippen LogP contribution in [0.25, 0.3) is 0 Å². The van der Waals surface area contributed by atoms with Gasteiger partial charge in [-0.1, -0.05) is 6.07 Å². The maximum Gasteiger partial charge on any atom is 0.161 e. The van der Waals surface area contributed by atoms with E-state index >= 15 is 0 Å². The number of phenols is 1. The van der Waals surface area contributed by atoms with Crippen molar-refractivity contribution in [2.75, 3.05) is 7.11 Å². The second kappa shape index (κ2) is 2.70. The quantitative estimate of drug-likeness (QED) is 0.686. The number of rotatable bonds is 1. The Morgan fingerprint density at radius 3 is 2.92 bits per heavy atom. The van der Waals surface area contributed by atoms with Gasteiger partial charge < -0.3 is 9.84 Å². The zero-order valence-corrected chi connectivity index (χ0v) is 7.13. The molecule has 1 aliphatic rings. The molecule has 12 heavy (non-hydrogen) atoms. The Labute approximate surface area is 71.8 Å². The molecule has 0 saturated carbocycles. The Bertz CT molecular complexity index is 305. The molecule has 0 bridgehead atoms. The largest absolute Gasteiger partial charge is 0.504 e. The molecule has 0 aromatic heterocycles. The van der Waals surface area contributed by atoms with Gasteiger partial charge in [0.15, 0.2) is 11.5 Å². The third-order valence-electron chi connectivity index (χ3n) is 2.44. The maximum atomic E-state index is 9.68. The van der Waals surface area contributed by atoms with Gasteiger partial charge in [-0.25, -0.2) is 0 Å². The van der Waals surface area contributed by atoms with Gasteiger partial charge in [0.1, 0.15) is 0 Å². The van der Waals surface area contributed by atoms with Gasteiger partial charge in [0, 0.05) is 5.56 Å². The molecule has 1 aliphatic carbocycles. The Kier molecular flexibility index (Phi) is 1.68. The second-order valence-electron chi connectivity index (χ2n) is 3.11. The van der Waals surface area contributed by atoms with Crippen molar-refractivity contribution in [1.82, 2.24) is 0 Å². The van der Waals surface area contributed by atoms with Crippen molar-refractivity contribution in [3.05, 3.63) is 23.3 Å². The number of fused-ring (bicyclic) bond motifs is 1. The van der Waals surface area contributed by atoms with E-state index in [0.717, 1.165) is 24.8 Å². The second-order valence-corrected chi connectivity index (χ2v) is 3.11. The van der Waals surface area contributed by atoms with E-state index in [4.69, 9.17) is 4.74 Å². The summed E-state index contributed by atoms with van der Waals surface area (Å²) in [6, 6.07) is 3.88. The van der Waals surface area contributed by atoms with Crippen LogP contribution in [0.1, 0.15) is 17.5 Å². The zero-order valence-electron chi connectivity index (χ0n) is 7.13. The van der Waals surface area contributed by atoms with E-state index in [1.807, 2.05) is 12.1 Å². The summed E-state index contributed by atoms with van der Waals surface area (Å²) in [5.41, 5.74) is 2.35. The lowest BCUT2D eigenvalue weighted by atomic mass is 10.1. The van der Waals surface area contributed by atoms with E-state index in [-0.39, 0.29) is 0 Å². The van der Waals surface area contributed by atoms with Gasteiger partial charge in [0.05, 0.1) is 7.11 Å². The van der Waals surface area contributed by atoms with E-state index < -0.39 is 0 Å². The highest BCUT2D eigenvalue weighted by Gasteiger charge is 2.17. The number of aryl methyl sites for hydroxylation is 1. The SMILES string of the molecule is COc1ccc2c(c1O)CCC2. The number of benzene rings is 1. The molecule has 0 spiro atoms. The van der Waals surface area contributed by atoms with E-state index in [9.17, 15) is 5.11 Å². The molecule has 0 saturated heterocycles. The molecular formula is C10H12O2. The topological polar surface area (TPSA) is 29.5 Å². The Morgan fingerprint density at radius 2 is 2.17 bits per heavy atom.